The molecule has 6 aromatic rings. The van der Waals surface area contributed by atoms with Gasteiger partial charge in [0.2, 0.25) is 53.2 Å². The van der Waals surface area contributed by atoms with E-state index in [-0.39, 0.29) is 120 Å². The van der Waals surface area contributed by atoms with E-state index in [1.54, 1.807) is 105 Å². The van der Waals surface area contributed by atoms with Crippen molar-refractivity contribution in [1.29, 1.82) is 0 Å². The summed E-state index contributed by atoms with van der Waals surface area (Å²) in [6.07, 6.45) is 6.78. The number of sulfonamides is 1. The Kier molecular flexibility index (Phi) is 41.3. The quantitative estimate of drug-likeness (QED) is 0.0231. The van der Waals surface area contributed by atoms with E-state index >= 15 is 0 Å². The Labute approximate surface area is 867 Å². The third-order valence-electron chi connectivity index (χ3n) is 29.4. The van der Waals surface area contributed by atoms with E-state index in [0.717, 1.165) is 66.5 Å². The first-order valence-electron chi connectivity index (χ1n) is 49.8. The Bertz CT molecular complexity index is 5550. The van der Waals surface area contributed by atoms with E-state index in [2.05, 4.69) is 21.3 Å². The summed E-state index contributed by atoms with van der Waals surface area (Å²) < 4.78 is 26.6. The zero-order valence-electron chi connectivity index (χ0n) is 86.3. The molecule has 6 aliphatic heterocycles. The highest BCUT2D eigenvalue weighted by Crippen LogP contribution is 2.51. The highest BCUT2D eigenvalue weighted by Gasteiger charge is 2.56. The van der Waals surface area contributed by atoms with Crippen LogP contribution in [-0.2, 0) is 75.6 Å². The van der Waals surface area contributed by atoms with Crippen LogP contribution in [0.25, 0.3) is 0 Å². The minimum Gasteiger partial charge on any atom is -0.384 e. The molecule has 0 aromatic heterocycles. The van der Waals surface area contributed by atoms with Gasteiger partial charge in [-0.25, -0.2) is 13.1 Å². The zero-order chi connectivity index (χ0) is 105. The van der Waals surface area contributed by atoms with E-state index in [1.807, 2.05) is 182 Å². The average Bonchev–Trinajstić information content (AvgIpc) is 1.00. The summed E-state index contributed by atoms with van der Waals surface area (Å²) in [7, 11) is -4.13. The van der Waals surface area contributed by atoms with Crippen molar-refractivity contribution in [2.24, 2.45) is 57.2 Å². The maximum atomic E-state index is 13.6. The number of aryl methyl sites for hydroxylation is 1. The number of hydrogen-bond acceptors (Lipinski definition) is 17. The molecule has 6 aliphatic rings. The Morgan fingerprint density at radius 3 is 1.03 bits per heavy atom. The van der Waals surface area contributed by atoms with Crippen LogP contribution in [0.1, 0.15) is 265 Å². The number of carbonyl (C=O) groups excluding carboxylic acids is 11. The van der Waals surface area contributed by atoms with Gasteiger partial charge in [-0.05, 0) is 195 Å². The molecule has 6 fully saturated rings. The van der Waals surface area contributed by atoms with Gasteiger partial charge in [-0.2, -0.15) is 0 Å². The van der Waals surface area contributed by atoms with Gasteiger partial charge in [0.25, 0.3) is 21.8 Å². The second-order valence-electron chi connectivity index (χ2n) is 43.4. The van der Waals surface area contributed by atoms with E-state index in [4.69, 9.17) is 46.4 Å². The molecule has 10 atom stereocenters. The number of benzene rings is 6. The van der Waals surface area contributed by atoms with Crippen molar-refractivity contribution in [3.05, 3.63) is 205 Å². The first kappa shape index (κ1) is 119. The lowest BCUT2D eigenvalue weighted by atomic mass is 9.66. The molecular formula is C110H155Cl4N11O17S. The lowest BCUT2D eigenvalue weighted by molar-refractivity contribution is -0.157. The number of aliphatic hydroxyl groups is 4. The number of piperidine rings is 5. The summed E-state index contributed by atoms with van der Waals surface area (Å²) in [5.74, 6) is -3.03. The summed E-state index contributed by atoms with van der Waals surface area (Å²) >= 11 is 24.1. The van der Waals surface area contributed by atoms with E-state index in [1.165, 1.54) is 18.2 Å². The molecule has 0 saturated carbocycles. The number of rotatable bonds is 27. The maximum absolute atomic E-state index is 13.6. The smallest absolute Gasteiger partial charge is 0.264 e. The molecule has 33 heteroatoms. The molecular weight excluding hydrogens is 1920 g/mol. The van der Waals surface area contributed by atoms with Crippen molar-refractivity contribution in [2.45, 2.75) is 274 Å². The van der Waals surface area contributed by atoms with Crippen LogP contribution < -0.4 is 26.0 Å². The maximum Gasteiger partial charge on any atom is 0.264 e. The Morgan fingerprint density at radius 2 is 0.720 bits per heavy atom. The van der Waals surface area contributed by atoms with Crippen molar-refractivity contribution >= 4 is 121 Å². The van der Waals surface area contributed by atoms with Gasteiger partial charge < -0.3 is 71.1 Å². The van der Waals surface area contributed by atoms with Gasteiger partial charge >= 0.3 is 0 Å². The van der Waals surface area contributed by atoms with E-state index < -0.39 is 90.1 Å². The summed E-state index contributed by atoms with van der Waals surface area (Å²) in [5, 5.41) is 60.6. The molecule has 12 rings (SSSR count). The second-order valence-corrected chi connectivity index (χ2v) is 46.8. The number of nitrogens with zero attached hydrogens (tertiary/aromatic N) is 6. The van der Waals surface area contributed by atoms with Crippen LogP contribution >= 0.6 is 46.4 Å². The first-order valence-corrected chi connectivity index (χ1v) is 52.8. The zero-order valence-corrected chi connectivity index (χ0v) is 90.1. The van der Waals surface area contributed by atoms with Crippen LogP contribution in [0, 0.1) is 64.1 Å². The molecule has 0 bridgehead atoms. The number of nitrogens with one attached hydrogen (secondary N) is 5. The van der Waals surface area contributed by atoms with Crippen molar-refractivity contribution in [3.63, 3.8) is 0 Å². The van der Waals surface area contributed by atoms with Crippen LogP contribution in [0.3, 0.4) is 0 Å². The summed E-state index contributed by atoms with van der Waals surface area (Å²) in [6.45, 7) is 43.0. The summed E-state index contributed by atoms with van der Waals surface area (Å²) in [5.41, 5.74) is -2.26. The van der Waals surface area contributed by atoms with Gasteiger partial charge in [-0.1, -0.05) is 251 Å². The SMILES string of the molecule is C.CC(=O)NS(=O)(=O)c1cccc(C(=O)N[C@@H](C(=O)N2CC[C@](O)(c3ccc(Cl)cc3)C(C)(C)C2)C(C)C)c1.CCCC(=O)N1CCCC(C(=O)N[C@@H](C(=O)N2CC[C@](O)(c3ccc(Cl)cc3)C(C)(C)C2)C(C)C)C1.CCCC(=O)N1CC[C@H](CC(=O)N[C@@H](C(=O)N2CC[C@](O)(c3ccc(Cl)cc3)C(C)(C)C2)C(C)C)C1.Cc1cccc(C(=O)N[C@@H](C(=O)N2CC[C@](O)(c3ccc(Cl)cc3)C(C)(C)C2)C(C)C)c1. The van der Waals surface area contributed by atoms with Crippen molar-refractivity contribution in [3.8, 4) is 0 Å². The van der Waals surface area contributed by atoms with Gasteiger partial charge in [0.05, 0.1) is 33.2 Å². The number of likely N-dealkylation sites (tertiary alicyclic amines) is 6. The Balaban J connectivity index is 0.000000233. The van der Waals surface area contributed by atoms with Gasteiger partial charge in [-0.15, -0.1) is 0 Å². The average molecular weight is 2080 g/mol. The molecule has 6 heterocycles. The number of carbonyl (C=O) groups is 11. The standard InChI is InChI=1S/2C28H42ClN3O4.C27H34ClN3O6S.C26H33ClN2O3.CH4/c1-6-8-23(33)31-15-7-9-20(17-31)25(34)30-24(19(2)3)26(35)32-16-14-28(36,27(4,5)18-32)21-10-12-22(29)13-11-21;1-6-7-24(34)31-14-12-20(17-31)16-23(33)30-25(19(2)3)26(35)32-15-13-28(36,27(4,5)18-32)21-8-10-22(29)11-9-21;1-17(2)23(29-24(33)19-7-6-8-22(15-19)38(36,37)30-18(3)32)25(34)31-14-13-27(35,26(4,5)16-31)20-9-11-21(28)12-10-20;1-17(2)22(28-23(30)19-8-6-7-18(3)15-19)24(31)29-14-13-26(32,25(4,5)16-29)20-9-11-21(27)12-10-20;/h10-13,19-20,24,36H,6-9,14-18H2,1-5H3,(H,30,34);8-11,19-20,25,36H,6-7,12-18H2,1-5H3,(H,30,33);6-12,15,17,23,35H,13-14,16H2,1-5H3,(H,29,33)(H,30,32);6-12,15,17,22,32H,13-14,16H2,1-5H3,(H,28,30);1H4/t20?,24-,28+;20-,25-,28+;23-,27+;22-,26+;/m1111./s1. The third-order valence-corrected chi connectivity index (χ3v) is 31.8. The number of halogens is 4. The molecule has 0 spiro atoms. The predicted molar refractivity (Wildman–Crippen MR) is 561 cm³/mol. The minimum absolute atomic E-state index is 0. The topological polar surface area (TPSA) is 382 Å². The molecule has 6 saturated heterocycles. The first-order chi connectivity index (χ1) is 66.3. The minimum atomic E-state index is -4.13. The fourth-order valence-corrected chi connectivity index (χ4v) is 21.9. The van der Waals surface area contributed by atoms with E-state index in [9.17, 15) is 81.6 Å². The molecule has 0 aliphatic carbocycles. The summed E-state index contributed by atoms with van der Waals surface area (Å²) in [6, 6.07) is 38.5. The molecule has 9 N–H and O–H groups in total. The third kappa shape index (κ3) is 29.1. The molecule has 28 nitrogen and oxygen atoms in total. The van der Waals surface area contributed by atoms with Gasteiger partial charge in [0, 0.05) is 158 Å². The van der Waals surface area contributed by atoms with Crippen LogP contribution in [0.15, 0.2) is 150 Å². The van der Waals surface area contributed by atoms with Crippen LogP contribution in [0.5, 0.6) is 0 Å². The lowest BCUT2D eigenvalue weighted by Crippen LogP contribution is -2.61. The van der Waals surface area contributed by atoms with Crippen LogP contribution in [0.4, 0.5) is 0 Å². The molecule has 143 heavy (non-hydrogen) atoms. The summed E-state index contributed by atoms with van der Waals surface area (Å²) in [4.78, 5) is 152. The van der Waals surface area contributed by atoms with Crippen LogP contribution in [0.2, 0.25) is 20.1 Å². The second kappa shape index (κ2) is 49.8. The monoisotopic (exact) mass is 2070 g/mol. The predicted octanol–water partition coefficient (Wildman–Crippen LogP) is 16.2. The Morgan fingerprint density at radius 1 is 0.406 bits per heavy atom. The molecule has 11 amide bonds. The van der Waals surface area contributed by atoms with Gasteiger partial charge in [0.1, 0.15) is 24.2 Å². The largest absolute Gasteiger partial charge is 0.384 e. The normalized spacial score (nSPS) is 22.6. The lowest BCUT2D eigenvalue weighted by Gasteiger charge is -2.51. The van der Waals surface area contributed by atoms with Crippen molar-refractivity contribution in [2.75, 3.05) is 78.5 Å². The van der Waals surface area contributed by atoms with E-state index in [0.29, 0.717) is 142 Å². The molecule has 786 valence electrons. The Hall–Kier alpha value is -9.56. The van der Waals surface area contributed by atoms with Gasteiger partial charge in [-0.3, -0.25) is 52.7 Å². The molecule has 1 unspecified atom stereocenters. The highest BCUT2D eigenvalue weighted by atomic mass is 35.5. The van der Waals surface area contributed by atoms with Crippen LogP contribution in [-0.4, -0.2) is 226 Å². The molecule has 6 aromatic carbocycles. The fraction of sp³-hybridized carbons (Fsp3) is 0.573. The van der Waals surface area contributed by atoms with Crippen molar-refractivity contribution < 1.29 is 81.6 Å². The molecule has 0 radical (unpaired) electrons. The van der Waals surface area contributed by atoms with Gasteiger partial charge in [0.15, 0.2) is 0 Å². The number of hydrogen-bond donors (Lipinski definition) is 9. The number of amides is 11. The fourth-order valence-electron chi connectivity index (χ4n) is 20.4. The highest BCUT2D eigenvalue weighted by molar-refractivity contribution is 7.90. The van der Waals surface area contributed by atoms with Crippen molar-refractivity contribution in [1.82, 2.24) is 55.4 Å².